The summed E-state index contributed by atoms with van der Waals surface area (Å²) in [4.78, 5) is 7.45. The van der Waals surface area contributed by atoms with Crippen molar-refractivity contribution in [3.05, 3.63) is 17.7 Å². The van der Waals surface area contributed by atoms with Gasteiger partial charge in [-0.25, -0.2) is 4.98 Å². The second kappa shape index (κ2) is 4.23. The third kappa shape index (κ3) is 1.89. The number of rotatable bonds is 1. The number of hydrogen-bond acceptors (Lipinski definition) is 8. The van der Waals surface area contributed by atoms with Crippen LogP contribution in [-0.4, -0.2) is 25.3 Å². The third-order valence-electron chi connectivity index (χ3n) is 2.45. The largest absolute Gasteiger partial charge is 0.504 e. The van der Waals surface area contributed by atoms with Crippen LogP contribution in [0.15, 0.2) is 12.1 Å². The quantitative estimate of drug-likeness (QED) is 0.456. The first-order valence-corrected chi connectivity index (χ1v) is 5.03. The van der Waals surface area contributed by atoms with Crippen LogP contribution >= 0.6 is 0 Å². The summed E-state index contributed by atoms with van der Waals surface area (Å²) in [5.74, 6) is -2.18. The Morgan fingerprint density at radius 2 is 1.74 bits per heavy atom. The number of benzene rings is 1. The first-order valence-electron chi connectivity index (χ1n) is 5.03. The maximum Gasteiger partial charge on any atom is 0.222 e. The Balaban J connectivity index is 2.80. The maximum absolute atomic E-state index is 9.77. The molecule has 0 fully saturated rings. The van der Waals surface area contributed by atoms with E-state index in [2.05, 4.69) is 9.97 Å². The normalized spacial score (nSPS) is 10.1. The highest BCUT2D eigenvalue weighted by atomic mass is 16.3. The highest BCUT2D eigenvalue weighted by Crippen LogP contribution is 2.42. The zero-order chi connectivity index (χ0) is 14.2. The van der Waals surface area contributed by atoms with E-state index in [1.54, 1.807) is 6.07 Å². The van der Waals surface area contributed by atoms with Crippen molar-refractivity contribution in [3.63, 3.8) is 0 Å². The van der Waals surface area contributed by atoms with Crippen molar-refractivity contribution in [3.8, 4) is 34.6 Å². The summed E-state index contributed by atoms with van der Waals surface area (Å²) in [5.41, 5.74) is 10.9. The molecule has 0 saturated carbocycles. The zero-order valence-electron chi connectivity index (χ0n) is 9.49. The number of nitrogen functional groups attached to an aromatic ring is 2. The van der Waals surface area contributed by atoms with E-state index in [9.17, 15) is 15.3 Å². The van der Waals surface area contributed by atoms with E-state index in [4.69, 9.17) is 16.7 Å². The van der Waals surface area contributed by atoms with E-state index >= 15 is 0 Å². The van der Waals surface area contributed by atoms with Crippen molar-refractivity contribution in [1.82, 2.24) is 9.97 Å². The lowest BCUT2D eigenvalue weighted by molar-refractivity contribution is 0.369. The third-order valence-corrected chi connectivity index (χ3v) is 2.45. The van der Waals surface area contributed by atoms with Gasteiger partial charge in [0.2, 0.25) is 11.7 Å². The van der Waals surface area contributed by atoms with Crippen LogP contribution < -0.4 is 11.5 Å². The number of phenolic OH excluding ortho intramolecular Hbond substituents is 3. The molecule has 0 unspecified atom stereocenters. The molecule has 0 spiro atoms. The molecule has 0 saturated heterocycles. The monoisotopic (exact) mass is 259 g/mol. The van der Waals surface area contributed by atoms with Crippen LogP contribution in [0.5, 0.6) is 17.2 Å². The fraction of sp³-hybridized carbons (Fsp3) is 0. The predicted molar refractivity (Wildman–Crippen MR) is 66.0 cm³/mol. The Bertz CT molecular complexity index is 708. The summed E-state index contributed by atoms with van der Waals surface area (Å²) in [7, 11) is 0. The van der Waals surface area contributed by atoms with E-state index < -0.39 is 17.2 Å². The average molecular weight is 259 g/mol. The number of aromatic hydroxyl groups is 3. The lowest BCUT2D eigenvalue weighted by Crippen LogP contribution is -2.05. The van der Waals surface area contributed by atoms with Crippen molar-refractivity contribution in [2.75, 3.05) is 11.5 Å². The summed E-state index contributed by atoms with van der Waals surface area (Å²) >= 11 is 0. The molecule has 0 aliphatic rings. The molecule has 0 radical (unpaired) electrons. The fourth-order valence-electron chi connectivity index (χ4n) is 1.56. The number of aromatic nitrogens is 2. The summed E-state index contributed by atoms with van der Waals surface area (Å²) in [6.45, 7) is 0. The number of nitriles is 1. The highest BCUT2D eigenvalue weighted by molar-refractivity contribution is 5.79. The van der Waals surface area contributed by atoms with Gasteiger partial charge in [-0.1, -0.05) is 0 Å². The molecular weight excluding hydrogens is 250 g/mol. The minimum Gasteiger partial charge on any atom is -0.504 e. The standard InChI is InChI=1S/C11H9N5O3/c12-3-5-7(15-11(14)16-10(5)13)4-1-2-6(17)9(19)8(4)18/h1-2,17-19H,(H4,13,14,15,16). The van der Waals surface area contributed by atoms with Gasteiger partial charge in [0.1, 0.15) is 17.5 Å². The maximum atomic E-state index is 9.77. The van der Waals surface area contributed by atoms with Gasteiger partial charge in [-0.15, -0.1) is 0 Å². The SMILES string of the molecule is N#Cc1c(N)nc(N)nc1-c1ccc(O)c(O)c1O. The van der Waals surface area contributed by atoms with Gasteiger partial charge in [-0.3, -0.25) is 0 Å². The number of hydrogen-bond donors (Lipinski definition) is 5. The number of anilines is 2. The Hall–Kier alpha value is -3.21. The smallest absolute Gasteiger partial charge is 0.222 e. The van der Waals surface area contributed by atoms with Gasteiger partial charge in [0.25, 0.3) is 0 Å². The number of phenols is 3. The molecule has 1 aromatic carbocycles. The van der Waals surface area contributed by atoms with Crippen molar-refractivity contribution in [1.29, 1.82) is 5.26 Å². The number of nitrogens with zero attached hydrogens (tertiary/aromatic N) is 3. The molecule has 2 rings (SSSR count). The fourth-order valence-corrected chi connectivity index (χ4v) is 1.56. The second-order valence-corrected chi connectivity index (χ2v) is 3.63. The summed E-state index contributed by atoms with van der Waals surface area (Å²) < 4.78 is 0. The Morgan fingerprint density at radius 3 is 2.37 bits per heavy atom. The first-order chi connectivity index (χ1) is 8.95. The van der Waals surface area contributed by atoms with E-state index in [1.165, 1.54) is 6.07 Å². The summed E-state index contributed by atoms with van der Waals surface area (Å²) in [5, 5.41) is 37.5. The second-order valence-electron chi connectivity index (χ2n) is 3.63. The molecule has 1 aromatic heterocycles. The van der Waals surface area contributed by atoms with E-state index in [0.717, 1.165) is 6.07 Å². The lowest BCUT2D eigenvalue weighted by Gasteiger charge is -2.09. The molecule has 0 amide bonds. The topological polar surface area (TPSA) is 162 Å². The van der Waals surface area contributed by atoms with Crippen LogP contribution in [0.1, 0.15) is 5.56 Å². The van der Waals surface area contributed by atoms with Gasteiger partial charge in [0.05, 0.1) is 5.69 Å². The Labute approximate surface area is 107 Å². The van der Waals surface area contributed by atoms with E-state index in [0.29, 0.717) is 0 Å². The molecule has 1 heterocycles. The minimum atomic E-state index is -0.725. The molecule has 0 atom stereocenters. The van der Waals surface area contributed by atoms with Crippen molar-refractivity contribution < 1.29 is 15.3 Å². The molecule has 7 N–H and O–H groups in total. The molecule has 2 aromatic rings. The zero-order valence-corrected chi connectivity index (χ0v) is 9.49. The predicted octanol–water partition coefficient (Wildman–Crippen LogP) is 0.296. The van der Waals surface area contributed by atoms with Gasteiger partial charge in [0.15, 0.2) is 11.5 Å². The van der Waals surface area contributed by atoms with Crippen molar-refractivity contribution in [2.45, 2.75) is 0 Å². The van der Waals surface area contributed by atoms with Crippen molar-refractivity contribution >= 4 is 11.8 Å². The molecule has 96 valence electrons. The molecule has 19 heavy (non-hydrogen) atoms. The van der Waals surface area contributed by atoms with Gasteiger partial charge in [0, 0.05) is 5.56 Å². The van der Waals surface area contributed by atoms with Crippen LogP contribution in [0, 0.1) is 11.3 Å². The van der Waals surface area contributed by atoms with Crippen LogP contribution in [0.4, 0.5) is 11.8 Å². The minimum absolute atomic E-state index is 0.00708. The summed E-state index contributed by atoms with van der Waals surface area (Å²) in [6.07, 6.45) is 0. The van der Waals surface area contributed by atoms with Crippen LogP contribution in [0.25, 0.3) is 11.3 Å². The molecule has 0 bridgehead atoms. The van der Waals surface area contributed by atoms with Crippen LogP contribution in [-0.2, 0) is 0 Å². The lowest BCUT2D eigenvalue weighted by atomic mass is 10.0. The van der Waals surface area contributed by atoms with Crippen LogP contribution in [0.3, 0.4) is 0 Å². The molecular formula is C11H9N5O3. The Kier molecular flexibility index (Phi) is 2.73. The first kappa shape index (κ1) is 12.3. The molecule has 0 aliphatic carbocycles. The Morgan fingerprint density at radius 1 is 1.05 bits per heavy atom. The van der Waals surface area contributed by atoms with Gasteiger partial charge in [-0.05, 0) is 12.1 Å². The van der Waals surface area contributed by atoms with Gasteiger partial charge < -0.3 is 26.8 Å². The molecule has 8 nitrogen and oxygen atoms in total. The van der Waals surface area contributed by atoms with E-state index in [1.807, 2.05) is 0 Å². The van der Waals surface area contributed by atoms with Crippen molar-refractivity contribution in [2.24, 2.45) is 0 Å². The average Bonchev–Trinajstić information content (AvgIpc) is 2.35. The van der Waals surface area contributed by atoms with Gasteiger partial charge >= 0.3 is 0 Å². The van der Waals surface area contributed by atoms with Gasteiger partial charge in [-0.2, -0.15) is 10.2 Å². The molecule has 0 aliphatic heterocycles. The highest BCUT2D eigenvalue weighted by Gasteiger charge is 2.19. The van der Waals surface area contributed by atoms with E-state index in [-0.39, 0.29) is 28.6 Å². The number of nitrogens with two attached hydrogens (primary N) is 2. The van der Waals surface area contributed by atoms with Crippen LogP contribution in [0.2, 0.25) is 0 Å². The summed E-state index contributed by atoms with van der Waals surface area (Å²) in [6, 6.07) is 4.20. The molecule has 8 heteroatoms.